The van der Waals surface area contributed by atoms with Gasteiger partial charge in [-0.05, 0) is 25.5 Å². The molecule has 0 saturated carbocycles. The number of sulfonamides is 1. The number of thiazole rings is 1. The van der Waals surface area contributed by atoms with Crippen LogP contribution in [0.5, 0.6) is 0 Å². The van der Waals surface area contributed by atoms with Gasteiger partial charge in [-0.15, -0.1) is 0 Å². The van der Waals surface area contributed by atoms with Gasteiger partial charge in [-0.2, -0.15) is 5.10 Å². The first-order valence-electron chi connectivity index (χ1n) is 6.26. The molecule has 0 radical (unpaired) electrons. The lowest BCUT2D eigenvalue weighted by Crippen LogP contribution is -2.13. The maximum absolute atomic E-state index is 12.4. The van der Waals surface area contributed by atoms with Gasteiger partial charge in [-0.1, -0.05) is 23.5 Å². The predicted octanol–water partition coefficient (Wildman–Crippen LogP) is 2.45. The van der Waals surface area contributed by atoms with E-state index < -0.39 is 10.0 Å². The molecule has 0 fully saturated rings. The van der Waals surface area contributed by atoms with Gasteiger partial charge >= 0.3 is 0 Å². The molecule has 8 heteroatoms. The summed E-state index contributed by atoms with van der Waals surface area (Å²) in [6.07, 6.45) is 1.34. The van der Waals surface area contributed by atoms with Crippen molar-refractivity contribution >= 4 is 36.7 Å². The van der Waals surface area contributed by atoms with E-state index in [2.05, 4.69) is 14.8 Å². The molecule has 1 aromatic carbocycles. The second-order valence-corrected chi connectivity index (χ2v) is 7.45. The van der Waals surface area contributed by atoms with Crippen LogP contribution >= 0.6 is 11.3 Å². The standard InChI is InChI=1S/C13H14N4O2S2/c1-8-5-4-6-10-12(8)15-13(20-10)16-21(18,19)11-7-14-17(3)9(11)2/h4-7H,1-3H3,(H,15,16). The first-order chi connectivity index (χ1) is 9.88. The van der Waals surface area contributed by atoms with Crippen LogP contribution in [-0.2, 0) is 17.1 Å². The van der Waals surface area contributed by atoms with E-state index in [1.807, 2.05) is 25.1 Å². The lowest BCUT2D eigenvalue weighted by molar-refractivity contribution is 0.600. The smallest absolute Gasteiger partial charge is 0.267 e. The molecule has 2 aromatic heterocycles. The fraction of sp³-hybridized carbons (Fsp3) is 0.231. The molecule has 0 unspecified atom stereocenters. The Balaban J connectivity index is 2.01. The Morgan fingerprint density at radius 1 is 1.29 bits per heavy atom. The van der Waals surface area contributed by atoms with Crippen molar-refractivity contribution in [2.45, 2.75) is 18.7 Å². The van der Waals surface area contributed by atoms with Crippen molar-refractivity contribution in [3.63, 3.8) is 0 Å². The molecule has 0 aliphatic rings. The summed E-state index contributed by atoms with van der Waals surface area (Å²) < 4.78 is 29.8. The van der Waals surface area contributed by atoms with Crippen LogP contribution in [0.25, 0.3) is 10.2 Å². The summed E-state index contributed by atoms with van der Waals surface area (Å²) in [5, 5.41) is 4.32. The molecule has 0 aliphatic carbocycles. The highest BCUT2D eigenvalue weighted by Gasteiger charge is 2.21. The number of fused-ring (bicyclic) bond motifs is 1. The summed E-state index contributed by atoms with van der Waals surface area (Å²) in [5.74, 6) is 0. The van der Waals surface area contributed by atoms with E-state index in [9.17, 15) is 8.42 Å². The fourth-order valence-electron chi connectivity index (χ4n) is 2.04. The third-order valence-electron chi connectivity index (χ3n) is 3.32. The summed E-state index contributed by atoms with van der Waals surface area (Å²) in [5.41, 5.74) is 2.43. The molecule has 3 rings (SSSR count). The van der Waals surface area contributed by atoms with Gasteiger partial charge in [0, 0.05) is 7.05 Å². The van der Waals surface area contributed by atoms with Crippen molar-refractivity contribution in [1.82, 2.24) is 14.8 Å². The van der Waals surface area contributed by atoms with Crippen LogP contribution in [-0.4, -0.2) is 23.2 Å². The highest BCUT2D eigenvalue weighted by Crippen LogP contribution is 2.29. The quantitative estimate of drug-likeness (QED) is 0.803. The van der Waals surface area contributed by atoms with Crippen LogP contribution in [0.15, 0.2) is 29.3 Å². The fourth-order valence-corrected chi connectivity index (χ4v) is 4.43. The normalized spacial score (nSPS) is 12.0. The second kappa shape index (κ2) is 4.81. The molecule has 0 spiro atoms. The van der Waals surface area contributed by atoms with E-state index in [0.717, 1.165) is 15.8 Å². The summed E-state index contributed by atoms with van der Waals surface area (Å²) in [6.45, 7) is 3.66. The van der Waals surface area contributed by atoms with Crippen molar-refractivity contribution in [1.29, 1.82) is 0 Å². The number of aromatic nitrogens is 3. The second-order valence-electron chi connectivity index (χ2n) is 4.76. The van der Waals surface area contributed by atoms with E-state index in [1.54, 1.807) is 14.0 Å². The van der Waals surface area contributed by atoms with Crippen LogP contribution in [0.4, 0.5) is 5.13 Å². The molecular weight excluding hydrogens is 308 g/mol. The number of para-hydroxylation sites is 1. The summed E-state index contributed by atoms with van der Waals surface area (Å²) in [7, 11) is -1.97. The average molecular weight is 322 g/mol. The van der Waals surface area contributed by atoms with E-state index in [4.69, 9.17) is 0 Å². The minimum Gasteiger partial charge on any atom is -0.272 e. The van der Waals surface area contributed by atoms with Gasteiger partial charge in [0.15, 0.2) is 5.13 Å². The van der Waals surface area contributed by atoms with E-state index in [1.165, 1.54) is 22.2 Å². The molecule has 0 amide bonds. The predicted molar refractivity (Wildman–Crippen MR) is 83.1 cm³/mol. The Hall–Kier alpha value is -1.93. The molecule has 6 nitrogen and oxygen atoms in total. The molecule has 0 bridgehead atoms. The van der Waals surface area contributed by atoms with Crippen LogP contribution in [0.1, 0.15) is 11.3 Å². The maximum Gasteiger partial charge on any atom is 0.267 e. The molecule has 3 aromatic rings. The number of hydrogen-bond acceptors (Lipinski definition) is 5. The summed E-state index contributed by atoms with van der Waals surface area (Å²) >= 11 is 1.32. The van der Waals surface area contributed by atoms with Crippen LogP contribution in [0, 0.1) is 13.8 Å². The SMILES string of the molecule is Cc1cccc2sc(NS(=O)(=O)c3cnn(C)c3C)nc12. The summed E-state index contributed by atoms with van der Waals surface area (Å²) in [6, 6.07) is 5.80. The largest absolute Gasteiger partial charge is 0.272 e. The number of nitrogens with zero attached hydrogens (tertiary/aromatic N) is 3. The van der Waals surface area contributed by atoms with Crippen LogP contribution in [0.3, 0.4) is 0 Å². The topological polar surface area (TPSA) is 76.9 Å². The Labute approximate surface area is 126 Å². The average Bonchev–Trinajstić information content (AvgIpc) is 2.95. The van der Waals surface area contributed by atoms with Crippen LogP contribution in [0.2, 0.25) is 0 Å². The Morgan fingerprint density at radius 2 is 2.05 bits per heavy atom. The van der Waals surface area contributed by atoms with Gasteiger partial charge in [0.25, 0.3) is 10.0 Å². The van der Waals surface area contributed by atoms with Crippen molar-refractivity contribution in [2.24, 2.45) is 7.05 Å². The number of rotatable bonds is 3. The minimum absolute atomic E-state index is 0.168. The highest BCUT2D eigenvalue weighted by atomic mass is 32.2. The van der Waals surface area contributed by atoms with Crippen molar-refractivity contribution in [2.75, 3.05) is 4.72 Å². The van der Waals surface area contributed by atoms with Gasteiger partial charge in [-0.25, -0.2) is 13.4 Å². The third-order valence-corrected chi connectivity index (χ3v) is 5.83. The number of aryl methyl sites for hydroxylation is 2. The Kier molecular flexibility index (Phi) is 3.22. The van der Waals surface area contributed by atoms with Gasteiger partial charge in [0.05, 0.1) is 22.1 Å². The number of hydrogen-bond donors (Lipinski definition) is 1. The van der Waals surface area contributed by atoms with Gasteiger partial charge < -0.3 is 0 Å². The summed E-state index contributed by atoms with van der Waals surface area (Å²) in [4.78, 5) is 4.53. The zero-order chi connectivity index (χ0) is 15.2. The molecule has 21 heavy (non-hydrogen) atoms. The van der Waals surface area contributed by atoms with Crippen LogP contribution < -0.4 is 4.72 Å². The molecule has 0 aliphatic heterocycles. The van der Waals surface area contributed by atoms with Crippen molar-refractivity contribution in [3.05, 3.63) is 35.7 Å². The molecule has 1 N–H and O–H groups in total. The maximum atomic E-state index is 12.4. The van der Waals surface area contributed by atoms with Gasteiger partial charge in [0.2, 0.25) is 0 Å². The lowest BCUT2D eigenvalue weighted by Gasteiger charge is -2.03. The monoisotopic (exact) mass is 322 g/mol. The first kappa shape index (κ1) is 14.0. The molecule has 2 heterocycles. The molecule has 0 saturated heterocycles. The number of benzene rings is 1. The highest BCUT2D eigenvalue weighted by molar-refractivity contribution is 7.93. The number of anilines is 1. The number of nitrogens with one attached hydrogen (secondary N) is 1. The third kappa shape index (κ3) is 2.40. The van der Waals surface area contributed by atoms with Crippen molar-refractivity contribution < 1.29 is 8.42 Å². The molecular formula is C13H14N4O2S2. The van der Waals surface area contributed by atoms with Gasteiger partial charge in [0.1, 0.15) is 4.90 Å². The van der Waals surface area contributed by atoms with E-state index in [0.29, 0.717) is 10.8 Å². The zero-order valence-corrected chi connectivity index (χ0v) is 13.4. The van der Waals surface area contributed by atoms with Gasteiger partial charge in [-0.3, -0.25) is 9.40 Å². The Morgan fingerprint density at radius 3 is 2.67 bits per heavy atom. The molecule has 0 atom stereocenters. The Bertz CT molecular complexity index is 925. The minimum atomic E-state index is -3.67. The van der Waals surface area contributed by atoms with E-state index in [-0.39, 0.29) is 4.90 Å². The van der Waals surface area contributed by atoms with Crippen molar-refractivity contribution in [3.8, 4) is 0 Å². The zero-order valence-electron chi connectivity index (χ0n) is 11.8. The first-order valence-corrected chi connectivity index (χ1v) is 8.56. The molecule has 110 valence electrons. The lowest BCUT2D eigenvalue weighted by atomic mass is 10.2. The van der Waals surface area contributed by atoms with E-state index >= 15 is 0 Å².